The quantitative estimate of drug-likeness (QED) is 0.248. The second-order valence-electron chi connectivity index (χ2n) is 11.3. The molecule has 3 aromatic rings. The largest absolute Gasteiger partial charge is 0.0871 e. The second-order valence-corrected chi connectivity index (χ2v) is 11.3. The predicted octanol–water partition coefficient (Wildman–Crippen LogP) is 10.1. The van der Waals surface area contributed by atoms with Crippen molar-refractivity contribution in [3.63, 3.8) is 0 Å². The normalized spacial score (nSPS) is 13.2. The van der Waals surface area contributed by atoms with Crippen LogP contribution in [-0.2, 0) is 12.8 Å². The summed E-state index contributed by atoms with van der Waals surface area (Å²) in [6.07, 6.45) is 13.4. The fraction of sp³-hybridized carbons (Fsp3) is 0.371. The van der Waals surface area contributed by atoms with Crippen molar-refractivity contribution in [3.8, 4) is 0 Å². The van der Waals surface area contributed by atoms with E-state index in [1.807, 2.05) is 0 Å². The van der Waals surface area contributed by atoms with Crippen LogP contribution in [0.15, 0.2) is 78.9 Å². The summed E-state index contributed by atoms with van der Waals surface area (Å²) in [7, 11) is 0. The van der Waals surface area contributed by atoms with Gasteiger partial charge in [-0.25, -0.2) is 0 Å². The Hall–Kier alpha value is -2.86. The molecule has 1 atom stereocenters. The smallest absolute Gasteiger partial charge is 0.0242 e. The fourth-order valence-corrected chi connectivity index (χ4v) is 4.65. The van der Waals surface area contributed by atoms with E-state index in [2.05, 4.69) is 139 Å². The minimum Gasteiger partial charge on any atom is -0.0871 e. The first-order chi connectivity index (χ1) is 16.7. The van der Waals surface area contributed by atoms with Gasteiger partial charge in [0.25, 0.3) is 0 Å². The molecule has 0 aromatic heterocycles. The molecule has 0 aliphatic heterocycles. The molecule has 0 spiro atoms. The Morgan fingerprint density at radius 1 is 0.657 bits per heavy atom. The molecular weight excluding hydrogens is 420 g/mol. The van der Waals surface area contributed by atoms with Crippen molar-refractivity contribution in [2.24, 2.45) is 17.3 Å². The lowest BCUT2D eigenvalue weighted by Crippen LogP contribution is -2.28. The van der Waals surface area contributed by atoms with Crippen LogP contribution in [0.5, 0.6) is 0 Å². The van der Waals surface area contributed by atoms with Gasteiger partial charge >= 0.3 is 0 Å². The molecule has 0 saturated heterocycles. The van der Waals surface area contributed by atoms with Gasteiger partial charge in [-0.15, -0.1) is 0 Å². The Bertz CT molecular complexity index is 1070. The Morgan fingerprint density at radius 2 is 1.09 bits per heavy atom. The molecule has 0 fully saturated rings. The minimum absolute atomic E-state index is 0.298. The van der Waals surface area contributed by atoms with Crippen LogP contribution in [0.1, 0.15) is 80.8 Å². The van der Waals surface area contributed by atoms with Crippen molar-refractivity contribution in [3.05, 3.63) is 112 Å². The zero-order valence-electron chi connectivity index (χ0n) is 22.7. The third-order valence-electron chi connectivity index (χ3n) is 7.30. The monoisotopic (exact) mass is 464 g/mol. The molecule has 0 aliphatic carbocycles. The van der Waals surface area contributed by atoms with E-state index in [0.717, 1.165) is 18.8 Å². The maximum absolute atomic E-state index is 2.48. The lowest BCUT2D eigenvalue weighted by atomic mass is 9.69. The third kappa shape index (κ3) is 8.70. The van der Waals surface area contributed by atoms with Crippen LogP contribution in [-0.4, -0.2) is 0 Å². The number of aryl methyl sites for hydroxylation is 1. The molecule has 35 heavy (non-hydrogen) atoms. The molecule has 184 valence electrons. The van der Waals surface area contributed by atoms with E-state index in [1.54, 1.807) is 0 Å². The van der Waals surface area contributed by atoms with Gasteiger partial charge in [0.15, 0.2) is 0 Å². The summed E-state index contributed by atoms with van der Waals surface area (Å²) in [5.41, 5.74) is 8.25. The van der Waals surface area contributed by atoms with Crippen LogP contribution in [0.3, 0.4) is 0 Å². The first kappa shape index (κ1) is 26.7. The predicted molar refractivity (Wildman–Crippen MR) is 156 cm³/mol. The number of rotatable bonds is 11. The Balaban J connectivity index is 1.72. The van der Waals surface area contributed by atoms with Crippen molar-refractivity contribution in [2.75, 3.05) is 0 Å². The molecule has 0 aliphatic rings. The number of allylic oxidation sites excluding steroid dienone is 1. The molecule has 3 rings (SSSR count). The van der Waals surface area contributed by atoms with Crippen molar-refractivity contribution in [2.45, 2.75) is 67.2 Å². The van der Waals surface area contributed by atoms with Crippen LogP contribution in [0.2, 0.25) is 0 Å². The highest BCUT2D eigenvalue weighted by molar-refractivity contribution is 5.70. The highest BCUT2D eigenvalue weighted by Crippen LogP contribution is 2.38. The van der Waals surface area contributed by atoms with Crippen LogP contribution >= 0.6 is 0 Å². The van der Waals surface area contributed by atoms with E-state index < -0.39 is 0 Å². The van der Waals surface area contributed by atoms with Gasteiger partial charge in [0.1, 0.15) is 0 Å². The van der Waals surface area contributed by atoms with E-state index in [-0.39, 0.29) is 0 Å². The van der Waals surface area contributed by atoms with Gasteiger partial charge in [0.05, 0.1) is 0 Å². The van der Waals surface area contributed by atoms with Crippen LogP contribution < -0.4 is 0 Å². The molecule has 0 radical (unpaired) electrons. The van der Waals surface area contributed by atoms with Crippen molar-refractivity contribution < 1.29 is 0 Å². The number of hydrogen-bond acceptors (Lipinski definition) is 0. The van der Waals surface area contributed by atoms with Crippen LogP contribution in [0.4, 0.5) is 0 Å². The summed E-state index contributed by atoms with van der Waals surface area (Å²) in [4.78, 5) is 0. The van der Waals surface area contributed by atoms with Gasteiger partial charge in [-0.1, -0.05) is 137 Å². The fourth-order valence-electron chi connectivity index (χ4n) is 4.65. The molecule has 3 aromatic carbocycles. The molecule has 0 N–H and O–H groups in total. The van der Waals surface area contributed by atoms with E-state index in [1.165, 1.54) is 46.2 Å². The SMILES string of the molecule is CC=Cc1ccc(C=Cc2ccc(CC(Cc3ccc(C)cc3)C(C)(C)CCC(C)C)cc2)cc1. The van der Waals surface area contributed by atoms with E-state index in [4.69, 9.17) is 0 Å². The maximum Gasteiger partial charge on any atom is -0.0242 e. The highest BCUT2D eigenvalue weighted by atomic mass is 14.3. The number of hydrogen-bond donors (Lipinski definition) is 0. The topological polar surface area (TPSA) is 0 Å². The maximum atomic E-state index is 2.48. The lowest BCUT2D eigenvalue weighted by Gasteiger charge is -2.36. The van der Waals surface area contributed by atoms with E-state index in [9.17, 15) is 0 Å². The molecule has 0 nitrogen and oxygen atoms in total. The minimum atomic E-state index is 0.298. The number of benzene rings is 3. The first-order valence-electron chi connectivity index (χ1n) is 13.3. The van der Waals surface area contributed by atoms with Crippen molar-refractivity contribution in [1.29, 1.82) is 0 Å². The van der Waals surface area contributed by atoms with E-state index >= 15 is 0 Å². The zero-order valence-corrected chi connectivity index (χ0v) is 22.7. The van der Waals surface area contributed by atoms with Gasteiger partial charge < -0.3 is 0 Å². The highest BCUT2D eigenvalue weighted by Gasteiger charge is 2.29. The summed E-state index contributed by atoms with van der Waals surface area (Å²) in [6, 6.07) is 27.0. The summed E-state index contributed by atoms with van der Waals surface area (Å²) in [5.74, 6) is 1.36. The summed E-state index contributed by atoms with van der Waals surface area (Å²) in [5, 5.41) is 0. The zero-order chi connectivity index (χ0) is 25.3. The lowest BCUT2D eigenvalue weighted by molar-refractivity contribution is 0.179. The van der Waals surface area contributed by atoms with E-state index in [0.29, 0.717) is 11.3 Å². The van der Waals surface area contributed by atoms with Gasteiger partial charge in [-0.3, -0.25) is 0 Å². The third-order valence-corrected chi connectivity index (χ3v) is 7.30. The molecule has 0 heteroatoms. The second kappa shape index (κ2) is 12.7. The summed E-state index contributed by atoms with van der Waals surface area (Å²) < 4.78 is 0. The van der Waals surface area contributed by atoms with Crippen molar-refractivity contribution >= 4 is 18.2 Å². The Morgan fingerprint density at radius 3 is 1.54 bits per heavy atom. The standard InChI is InChI=1S/C35H44/c1-7-8-29-13-15-30(16-14-29)17-18-31-19-21-33(22-20-31)26-34(35(5,6)24-23-27(2)3)25-32-11-9-28(4)10-12-32/h7-22,27,34H,23-26H2,1-6H3. The molecule has 0 saturated carbocycles. The molecule has 1 unspecified atom stereocenters. The van der Waals surface area contributed by atoms with Crippen LogP contribution in [0.25, 0.3) is 18.2 Å². The Labute approximate surface area is 214 Å². The van der Waals surface area contributed by atoms with Gasteiger partial charge in [-0.05, 0) is 78.2 Å². The van der Waals surface area contributed by atoms with Crippen molar-refractivity contribution in [1.82, 2.24) is 0 Å². The van der Waals surface area contributed by atoms with Gasteiger partial charge in [-0.2, -0.15) is 0 Å². The molecule has 0 heterocycles. The molecule has 0 bridgehead atoms. The summed E-state index contributed by atoms with van der Waals surface area (Å²) >= 11 is 0. The molecular formula is C35H44. The van der Waals surface area contributed by atoms with Gasteiger partial charge in [0, 0.05) is 0 Å². The average molecular weight is 465 g/mol. The summed E-state index contributed by atoms with van der Waals surface area (Å²) in [6.45, 7) is 13.9. The van der Waals surface area contributed by atoms with Gasteiger partial charge in [0.2, 0.25) is 0 Å². The molecule has 0 amide bonds. The average Bonchev–Trinajstić information content (AvgIpc) is 2.84. The first-order valence-corrected chi connectivity index (χ1v) is 13.3. The van der Waals surface area contributed by atoms with Crippen LogP contribution in [0, 0.1) is 24.2 Å². The Kier molecular flexibility index (Phi) is 9.73.